The van der Waals surface area contributed by atoms with Gasteiger partial charge in [0.05, 0.1) is 5.92 Å². The third-order valence-corrected chi connectivity index (χ3v) is 4.73. The van der Waals surface area contributed by atoms with Gasteiger partial charge in [-0.15, -0.1) is 0 Å². The van der Waals surface area contributed by atoms with Crippen LogP contribution in [-0.4, -0.2) is 11.9 Å². The maximum Gasteiger partial charge on any atom is 1.00 e. The smallest absolute Gasteiger partial charge is 0.423 e. The van der Waals surface area contributed by atoms with Crippen LogP contribution in [0.4, 0.5) is 8.78 Å². The summed E-state index contributed by atoms with van der Waals surface area (Å²) in [5.74, 6) is -4.97. The van der Waals surface area contributed by atoms with Crippen LogP contribution >= 0.6 is 0 Å². The van der Waals surface area contributed by atoms with Crippen molar-refractivity contribution in [3.63, 3.8) is 0 Å². The number of hydrogen-bond donors (Lipinski definition) is 0. The Morgan fingerprint density at radius 2 is 1.46 bits per heavy atom. The van der Waals surface area contributed by atoms with Crippen LogP contribution in [-0.2, 0) is 4.79 Å². The van der Waals surface area contributed by atoms with E-state index in [9.17, 15) is 18.4 Å². The van der Waals surface area contributed by atoms with Gasteiger partial charge in [-0.1, -0.05) is 6.92 Å². The van der Waals surface area contributed by atoms with Gasteiger partial charge in [0.1, 0.15) is 0 Å². The van der Waals surface area contributed by atoms with Crippen molar-refractivity contribution in [3.8, 4) is 11.5 Å². The maximum absolute atomic E-state index is 14.3. The molecule has 0 heterocycles. The summed E-state index contributed by atoms with van der Waals surface area (Å²) in [5, 5.41) is 0. The Morgan fingerprint density at radius 3 is 2.04 bits per heavy atom. The molecule has 0 aromatic heterocycles. The number of halogens is 2. The summed E-state index contributed by atoms with van der Waals surface area (Å²) in [6.07, 6.45) is 3.16. The van der Waals surface area contributed by atoms with Gasteiger partial charge < -0.3 is 9.47 Å². The number of ether oxygens (including phenoxy) is 2. The SMILES string of the molecule is CC1CCC(C(=O)Oc2ccc(OC(=O)c3cc[c-]cc3)c(F)c2F)CC1.[Rb+]. The zero-order chi connectivity index (χ0) is 19.4. The minimum absolute atomic E-state index is 0. The molecule has 7 heteroatoms. The molecule has 1 aliphatic carbocycles. The molecule has 1 aliphatic rings. The Labute approximate surface area is 211 Å². The molecular weight excluding hydrogens is 440 g/mol. The van der Waals surface area contributed by atoms with E-state index in [0.29, 0.717) is 18.8 Å². The van der Waals surface area contributed by atoms with Gasteiger partial charge in [-0.2, -0.15) is 39.1 Å². The van der Waals surface area contributed by atoms with Crippen molar-refractivity contribution in [2.24, 2.45) is 11.8 Å². The first-order valence-electron chi connectivity index (χ1n) is 8.83. The summed E-state index contributed by atoms with van der Waals surface area (Å²) >= 11 is 0. The third kappa shape index (κ3) is 5.78. The first-order chi connectivity index (χ1) is 13.0. The number of hydrogen-bond acceptors (Lipinski definition) is 4. The monoisotopic (exact) mass is 458 g/mol. The molecular formula is C21H19F2O4Rb. The van der Waals surface area contributed by atoms with Gasteiger partial charge in [-0.3, -0.25) is 4.79 Å². The number of carbonyl (C=O) groups excluding carboxylic acids is 2. The minimum Gasteiger partial charge on any atom is -0.423 e. The average molecular weight is 459 g/mol. The zero-order valence-electron chi connectivity index (χ0n) is 15.8. The Balaban J connectivity index is 0.00000280. The van der Waals surface area contributed by atoms with E-state index in [-0.39, 0.29) is 69.7 Å². The number of esters is 2. The van der Waals surface area contributed by atoms with Crippen LogP contribution < -0.4 is 67.7 Å². The number of rotatable bonds is 4. The molecule has 2 aromatic carbocycles. The van der Waals surface area contributed by atoms with Crippen molar-refractivity contribution in [2.45, 2.75) is 32.6 Å². The van der Waals surface area contributed by atoms with Crippen LogP contribution in [0.2, 0.25) is 0 Å². The van der Waals surface area contributed by atoms with Gasteiger partial charge in [0.2, 0.25) is 11.6 Å². The second-order valence-corrected chi connectivity index (χ2v) is 6.75. The molecule has 0 bridgehead atoms. The molecule has 0 atom stereocenters. The average Bonchev–Trinajstić information content (AvgIpc) is 2.68. The molecule has 4 nitrogen and oxygen atoms in total. The van der Waals surface area contributed by atoms with Crippen LogP contribution in [0.15, 0.2) is 36.4 Å². The zero-order valence-corrected chi connectivity index (χ0v) is 20.8. The van der Waals surface area contributed by atoms with Crippen LogP contribution in [0.25, 0.3) is 0 Å². The Morgan fingerprint density at radius 1 is 0.929 bits per heavy atom. The fourth-order valence-electron chi connectivity index (χ4n) is 3.04. The number of benzene rings is 2. The fraction of sp³-hybridized carbons (Fsp3) is 0.333. The van der Waals surface area contributed by atoms with E-state index < -0.39 is 35.1 Å². The maximum atomic E-state index is 14.3. The minimum atomic E-state index is -1.38. The van der Waals surface area contributed by atoms with Gasteiger partial charge in [0, 0.05) is 0 Å². The van der Waals surface area contributed by atoms with Crippen LogP contribution in [0.5, 0.6) is 11.5 Å². The summed E-state index contributed by atoms with van der Waals surface area (Å²) in [5.41, 5.74) is 0.176. The van der Waals surface area contributed by atoms with Crippen molar-refractivity contribution in [1.82, 2.24) is 0 Å². The van der Waals surface area contributed by atoms with Crippen LogP contribution in [0.3, 0.4) is 0 Å². The first kappa shape index (κ1) is 23.3. The van der Waals surface area contributed by atoms with E-state index in [1.807, 2.05) is 0 Å². The Hall–Kier alpha value is -0.955. The largest absolute Gasteiger partial charge is 1.00 e. The van der Waals surface area contributed by atoms with Gasteiger partial charge in [0.25, 0.3) is 0 Å². The summed E-state index contributed by atoms with van der Waals surface area (Å²) in [7, 11) is 0. The molecule has 1 fully saturated rings. The molecule has 0 unspecified atom stereocenters. The summed E-state index contributed by atoms with van der Waals surface area (Å²) in [6.45, 7) is 2.12. The Kier molecular flexibility index (Phi) is 8.93. The van der Waals surface area contributed by atoms with E-state index in [4.69, 9.17) is 9.47 Å². The van der Waals surface area contributed by atoms with Gasteiger partial charge in [-0.25, -0.2) is 4.79 Å². The fourth-order valence-corrected chi connectivity index (χ4v) is 3.04. The topological polar surface area (TPSA) is 52.6 Å². The first-order valence-corrected chi connectivity index (χ1v) is 8.83. The molecule has 0 radical (unpaired) electrons. The van der Waals surface area contributed by atoms with Crippen molar-refractivity contribution in [2.75, 3.05) is 0 Å². The normalized spacial score (nSPS) is 18.7. The van der Waals surface area contributed by atoms with E-state index >= 15 is 0 Å². The van der Waals surface area contributed by atoms with Crippen LogP contribution in [0.1, 0.15) is 43.0 Å². The van der Waals surface area contributed by atoms with E-state index in [2.05, 4.69) is 13.0 Å². The quantitative estimate of drug-likeness (QED) is 0.398. The standard InChI is InChI=1S/C21H19F2O4.Rb/c1-13-7-9-15(10-8-13)21(25)27-17-12-11-16(18(22)19(17)23)26-20(24)14-5-3-2-4-6-14;/h3-6,11-13,15H,7-10H2,1H3;/q-1;+1. The molecule has 0 amide bonds. The predicted octanol–water partition coefficient (Wildman–Crippen LogP) is 1.72. The van der Waals surface area contributed by atoms with Crippen molar-refractivity contribution < 1.29 is 86.0 Å². The molecule has 2 aromatic rings. The summed E-state index contributed by atoms with van der Waals surface area (Å²) < 4.78 is 38.4. The molecule has 0 spiro atoms. The molecule has 1 saturated carbocycles. The van der Waals surface area contributed by atoms with Crippen molar-refractivity contribution in [3.05, 3.63) is 59.7 Å². The second kappa shape index (κ2) is 10.7. The molecule has 142 valence electrons. The second-order valence-electron chi connectivity index (χ2n) is 6.75. The van der Waals surface area contributed by atoms with Gasteiger partial charge >= 0.3 is 70.1 Å². The predicted molar refractivity (Wildman–Crippen MR) is 93.4 cm³/mol. The summed E-state index contributed by atoms with van der Waals surface area (Å²) in [6, 6.07) is 10.8. The Bertz CT molecular complexity index is 834. The summed E-state index contributed by atoms with van der Waals surface area (Å²) in [4.78, 5) is 24.1. The van der Waals surface area contributed by atoms with Gasteiger partial charge in [0.15, 0.2) is 11.5 Å². The molecule has 3 rings (SSSR count). The molecule has 0 N–H and O–H groups in total. The van der Waals surface area contributed by atoms with E-state index in [0.717, 1.165) is 25.0 Å². The molecule has 28 heavy (non-hydrogen) atoms. The van der Waals surface area contributed by atoms with Gasteiger partial charge in [-0.05, 0) is 49.3 Å². The van der Waals surface area contributed by atoms with E-state index in [1.54, 1.807) is 0 Å². The van der Waals surface area contributed by atoms with E-state index in [1.165, 1.54) is 24.3 Å². The van der Waals surface area contributed by atoms with Crippen molar-refractivity contribution >= 4 is 11.9 Å². The number of carbonyl (C=O) groups is 2. The van der Waals surface area contributed by atoms with Crippen molar-refractivity contribution in [1.29, 1.82) is 0 Å². The molecule has 0 aliphatic heterocycles. The van der Waals surface area contributed by atoms with Crippen LogP contribution in [0, 0.1) is 29.5 Å². The molecule has 0 saturated heterocycles. The third-order valence-electron chi connectivity index (χ3n) is 4.73.